The van der Waals surface area contributed by atoms with E-state index in [9.17, 15) is 4.79 Å². The molecule has 3 N–H and O–H groups in total. The van der Waals surface area contributed by atoms with Gasteiger partial charge in [-0.25, -0.2) is 0 Å². The number of hydrogen-bond donors (Lipinski definition) is 2. The summed E-state index contributed by atoms with van der Waals surface area (Å²) in [6.07, 6.45) is 0. The molecule has 20 heavy (non-hydrogen) atoms. The van der Waals surface area contributed by atoms with Gasteiger partial charge in [-0.05, 0) is 36.4 Å². The van der Waals surface area contributed by atoms with Crippen LogP contribution < -0.4 is 11.1 Å². The zero-order valence-corrected chi connectivity index (χ0v) is 12.2. The van der Waals surface area contributed by atoms with Crippen LogP contribution >= 0.6 is 22.9 Å². The third kappa shape index (κ3) is 4.10. The van der Waals surface area contributed by atoms with Gasteiger partial charge < -0.3 is 11.1 Å². The Kier molecular flexibility index (Phi) is 5.19. The summed E-state index contributed by atoms with van der Waals surface area (Å²) in [7, 11) is 0. The van der Waals surface area contributed by atoms with Crippen molar-refractivity contribution in [2.45, 2.75) is 6.54 Å². The molecule has 102 valence electrons. The molecule has 1 aromatic heterocycles. The van der Waals surface area contributed by atoms with Crippen LogP contribution in [0.4, 0.5) is 0 Å². The van der Waals surface area contributed by atoms with Gasteiger partial charge >= 0.3 is 0 Å². The Balaban J connectivity index is 1.95. The van der Waals surface area contributed by atoms with Gasteiger partial charge in [0.15, 0.2) is 0 Å². The van der Waals surface area contributed by atoms with Gasteiger partial charge in [-0.2, -0.15) is 0 Å². The molecule has 3 nitrogen and oxygen atoms in total. The third-order valence-electron chi connectivity index (χ3n) is 2.53. The number of thiophene rings is 1. The van der Waals surface area contributed by atoms with Crippen LogP contribution in [0.15, 0.2) is 36.4 Å². The summed E-state index contributed by atoms with van der Waals surface area (Å²) in [4.78, 5) is 13.0. The largest absolute Gasteiger partial charge is 0.347 e. The molecular formula is C15H13ClN2OS. The number of carbonyl (C=O) groups is 1. The van der Waals surface area contributed by atoms with Crippen molar-refractivity contribution in [3.05, 3.63) is 56.7 Å². The maximum atomic E-state index is 12.0. The minimum atomic E-state index is -0.118. The van der Waals surface area contributed by atoms with Gasteiger partial charge in [0, 0.05) is 16.0 Å². The summed E-state index contributed by atoms with van der Waals surface area (Å²) in [5, 5.41) is 2.85. The second-order valence-electron chi connectivity index (χ2n) is 3.97. The van der Waals surface area contributed by atoms with Gasteiger partial charge in [0.1, 0.15) is 0 Å². The van der Waals surface area contributed by atoms with Gasteiger partial charge in [0.2, 0.25) is 0 Å². The molecule has 0 saturated carbocycles. The van der Waals surface area contributed by atoms with Crippen LogP contribution in [0.1, 0.15) is 20.8 Å². The van der Waals surface area contributed by atoms with E-state index in [1.54, 1.807) is 24.3 Å². The van der Waals surface area contributed by atoms with E-state index >= 15 is 0 Å². The Labute approximate surface area is 126 Å². The molecule has 0 saturated heterocycles. The van der Waals surface area contributed by atoms with E-state index in [1.165, 1.54) is 11.3 Å². The number of nitrogens with two attached hydrogens (primary N) is 1. The van der Waals surface area contributed by atoms with E-state index in [-0.39, 0.29) is 5.91 Å². The van der Waals surface area contributed by atoms with Crippen molar-refractivity contribution in [2.75, 3.05) is 6.54 Å². The quantitative estimate of drug-likeness (QED) is 0.857. The summed E-state index contributed by atoms with van der Waals surface area (Å²) in [5.41, 5.74) is 6.75. The zero-order valence-electron chi connectivity index (χ0n) is 10.7. The predicted molar refractivity (Wildman–Crippen MR) is 82.9 cm³/mol. The first kappa shape index (κ1) is 14.6. The lowest BCUT2D eigenvalue weighted by molar-refractivity contribution is 0.0951. The maximum absolute atomic E-state index is 12.0. The first-order chi connectivity index (χ1) is 9.69. The molecule has 1 aromatic carbocycles. The van der Waals surface area contributed by atoms with E-state index in [0.29, 0.717) is 18.7 Å². The highest BCUT2D eigenvalue weighted by atomic mass is 35.5. The molecule has 0 radical (unpaired) electrons. The predicted octanol–water partition coefficient (Wildman–Crippen LogP) is 2.64. The highest BCUT2D eigenvalue weighted by Crippen LogP contribution is 2.21. The van der Waals surface area contributed by atoms with Crippen molar-refractivity contribution in [1.29, 1.82) is 0 Å². The maximum Gasteiger partial charge on any atom is 0.251 e. The molecule has 2 rings (SSSR count). The summed E-state index contributed by atoms with van der Waals surface area (Å²) in [6, 6.07) is 10.8. The van der Waals surface area contributed by atoms with Gasteiger partial charge in [0.25, 0.3) is 5.91 Å². The molecule has 5 heteroatoms. The fourth-order valence-corrected chi connectivity index (χ4v) is 2.60. The van der Waals surface area contributed by atoms with Crippen molar-refractivity contribution in [3.63, 3.8) is 0 Å². The fraction of sp³-hybridized carbons (Fsp3) is 0.133. The number of halogens is 1. The molecule has 2 aromatic rings. The minimum Gasteiger partial charge on any atom is -0.347 e. The SMILES string of the molecule is NCC#Cc1ccc(C(=O)NCc2ccc(Cl)s2)cc1. The number of benzene rings is 1. The van der Waals surface area contributed by atoms with Crippen molar-refractivity contribution in [3.8, 4) is 11.8 Å². The Bertz CT molecular complexity index is 653. The highest BCUT2D eigenvalue weighted by Gasteiger charge is 2.05. The third-order valence-corrected chi connectivity index (χ3v) is 3.77. The van der Waals surface area contributed by atoms with Gasteiger partial charge in [-0.15, -0.1) is 11.3 Å². The number of nitrogens with one attached hydrogen (secondary N) is 1. The standard InChI is InChI=1S/C15H13ClN2OS/c16-14-8-7-13(20-14)10-18-15(19)12-5-3-11(4-6-12)2-1-9-17/h3-8H,9-10,17H2,(H,18,19). The number of hydrogen-bond acceptors (Lipinski definition) is 3. The molecule has 0 bridgehead atoms. The number of carbonyl (C=O) groups excluding carboxylic acids is 1. The van der Waals surface area contributed by atoms with Crippen LogP contribution in [0.25, 0.3) is 0 Å². The normalized spacial score (nSPS) is 9.70. The number of rotatable bonds is 3. The van der Waals surface area contributed by atoms with Crippen LogP contribution in [0, 0.1) is 11.8 Å². The van der Waals surface area contributed by atoms with E-state index in [4.69, 9.17) is 17.3 Å². The molecule has 1 amide bonds. The van der Waals surface area contributed by atoms with Crippen LogP contribution in [-0.2, 0) is 6.54 Å². The molecule has 0 aliphatic carbocycles. The molecule has 0 spiro atoms. The monoisotopic (exact) mass is 304 g/mol. The molecule has 0 fully saturated rings. The first-order valence-corrected chi connectivity index (χ1v) is 7.20. The average Bonchev–Trinajstić information content (AvgIpc) is 2.89. The summed E-state index contributed by atoms with van der Waals surface area (Å²) in [6.45, 7) is 0.802. The smallest absolute Gasteiger partial charge is 0.251 e. The summed E-state index contributed by atoms with van der Waals surface area (Å²) < 4.78 is 0.720. The Morgan fingerprint density at radius 1 is 1.25 bits per heavy atom. The molecule has 0 aliphatic heterocycles. The zero-order chi connectivity index (χ0) is 14.4. The number of amides is 1. The van der Waals surface area contributed by atoms with Crippen LogP contribution in [0.3, 0.4) is 0 Å². The van der Waals surface area contributed by atoms with Gasteiger partial charge in [-0.1, -0.05) is 23.4 Å². The lowest BCUT2D eigenvalue weighted by Gasteiger charge is -2.03. The average molecular weight is 305 g/mol. The van der Waals surface area contributed by atoms with Gasteiger partial charge in [0.05, 0.1) is 17.4 Å². The van der Waals surface area contributed by atoms with Crippen molar-refractivity contribution >= 4 is 28.8 Å². The first-order valence-electron chi connectivity index (χ1n) is 6.00. The lowest BCUT2D eigenvalue weighted by atomic mass is 10.1. The second kappa shape index (κ2) is 7.11. The van der Waals surface area contributed by atoms with Crippen LogP contribution in [-0.4, -0.2) is 12.5 Å². The molecule has 0 aliphatic rings. The minimum absolute atomic E-state index is 0.118. The van der Waals surface area contributed by atoms with Crippen LogP contribution in [0.2, 0.25) is 4.34 Å². The fourth-order valence-electron chi connectivity index (χ4n) is 1.57. The topological polar surface area (TPSA) is 55.1 Å². The molecule has 0 atom stereocenters. The molecular weight excluding hydrogens is 292 g/mol. The highest BCUT2D eigenvalue weighted by molar-refractivity contribution is 7.16. The second-order valence-corrected chi connectivity index (χ2v) is 5.77. The van der Waals surface area contributed by atoms with Crippen molar-refractivity contribution in [2.24, 2.45) is 5.73 Å². The molecule has 1 heterocycles. The molecule has 0 unspecified atom stereocenters. The van der Waals surface area contributed by atoms with Crippen LogP contribution in [0.5, 0.6) is 0 Å². The van der Waals surface area contributed by atoms with E-state index in [0.717, 1.165) is 14.8 Å². The summed E-state index contributed by atoms with van der Waals surface area (Å²) >= 11 is 7.29. The Hall–Kier alpha value is -1.80. The Morgan fingerprint density at radius 2 is 2.00 bits per heavy atom. The van der Waals surface area contributed by atoms with Crippen molar-refractivity contribution in [1.82, 2.24) is 5.32 Å². The lowest BCUT2D eigenvalue weighted by Crippen LogP contribution is -2.22. The van der Waals surface area contributed by atoms with Crippen molar-refractivity contribution < 1.29 is 4.79 Å². The van der Waals surface area contributed by atoms with Gasteiger partial charge in [-0.3, -0.25) is 4.79 Å². The summed E-state index contributed by atoms with van der Waals surface area (Å²) in [5.74, 6) is 5.56. The van der Waals surface area contributed by atoms with E-state index in [2.05, 4.69) is 17.2 Å². The Morgan fingerprint density at radius 3 is 2.60 bits per heavy atom. The van der Waals surface area contributed by atoms with E-state index in [1.807, 2.05) is 12.1 Å². The van der Waals surface area contributed by atoms with E-state index < -0.39 is 0 Å².